The topological polar surface area (TPSA) is 101 Å². The molecule has 0 aliphatic carbocycles. The molecule has 1 atom stereocenters. The molecule has 0 saturated carbocycles. The summed E-state index contributed by atoms with van der Waals surface area (Å²) in [4.78, 5) is 31.5. The van der Waals surface area contributed by atoms with Crippen LogP contribution in [0.4, 0.5) is 0 Å². The number of ether oxygens (including phenoxy) is 1. The molecule has 2 N–H and O–H groups in total. The predicted molar refractivity (Wildman–Crippen MR) is 126 cm³/mol. The van der Waals surface area contributed by atoms with Crippen molar-refractivity contribution in [3.05, 3.63) is 77.1 Å². The molecular weight excluding hydrogens is 442 g/mol. The summed E-state index contributed by atoms with van der Waals surface area (Å²) in [6.45, 7) is 2.19. The van der Waals surface area contributed by atoms with Gasteiger partial charge in [-0.1, -0.05) is 49.2 Å². The lowest BCUT2D eigenvalue weighted by Gasteiger charge is -2.18. The van der Waals surface area contributed by atoms with Crippen molar-refractivity contribution in [2.75, 3.05) is 6.54 Å². The van der Waals surface area contributed by atoms with Gasteiger partial charge in [0.25, 0.3) is 5.91 Å². The summed E-state index contributed by atoms with van der Waals surface area (Å²) in [5.41, 5.74) is 3.13. The molecule has 33 heavy (non-hydrogen) atoms. The Kier molecular flexibility index (Phi) is 8.78. The maximum atomic E-state index is 12.2. The summed E-state index contributed by atoms with van der Waals surface area (Å²) < 4.78 is 6.09. The number of hydrogen-bond acceptors (Lipinski definition) is 5. The second-order valence-electron chi connectivity index (χ2n) is 7.54. The van der Waals surface area contributed by atoms with Gasteiger partial charge in [0.05, 0.1) is 6.42 Å². The minimum atomic E-state index is -0.954. The molecule has 1 aromatic heterocycles. The van der Waals surface area contributed by atoms with Gasteiger partial charge in [-0.15, -0.1) is 0 Å². The highest BCUT2D eigenvalue weighted by Gasteiger charge is 2.16. The number of halogens is 1. The molecule has 0 bridgehead atoms. The van der Waals surface area contributed by atoms with Crippen LogP contribution < -0.4 is 10.1 Å². The Morgan fingerprint density at radius 2 is 1.82 bits per heavy atom. The third-order valence-corrected chi connectivity index (χ3v) is 5.26. The molecule has 0 aliphatic heterocycles. The summed E-state index contributed by atoms with van der Waals surface area (Å²) in [6.07, 6.45) is 5.78. The number of nitrogens with zero attached hydrogens (tertiary/aromatic N) is 2. The van der Waals surface area contributed by atoms with E-state index in [9.17, 15) is 9.59 Å². The van der Waals surface area contributed by atoms with Gasteiger partial charge in [-0.05, 0) is 48.2 Å². The van der Waals surface area contributed by atoms with Crippen LogP contribution in [0.3, 0.4) is 0 Å². The standard InChI is InChI=1S/C25H26ClN3O4/c1-2-3-7-22(17-8-10-18(11-9-17)24(32)27-13-12-23(30)31)33-25-28-15-20(16-29-25)19-5-4-6-21(26)14-19/h4-6,8-11,14-16,22H,2-3,7,12-13H2,1H3,(H,27,32)(H,30,31). The van der Waals surface area contributed by atoms with Crippen molar-refractivity contribution in [3.8, 4) is 17.1 Å². The van der Waals surface area contributed by atoms with Gasteiger partial charge in [-0.3, -0.25) is 9.59 Å². The molecule has 0 saturated heterocycles. The molecule has 2 aromatic carbocycles. The van der Waals surface area contributed by atoms with Gasteiger partial charge in [-0.2, -0.15) is 0 Å². The quantitative estimate of drug-likeness (QED) is 0.396. The van der Waals surface area contributed by atoms with Gasteiger partial charge >= 0.3 is 12.0 Å². The van der Waals surface area contributed by atoms with Gasteiger partial charge in [0.1, 0.15) is 6.10 Å². The minimum absolute atomic E-state index is 0.0840. The smallest absolute Gasteiger partial charge is 0.316 e. The fraction of sp³-hybridized carbons (Fsp3) is 0.280. The first kappa shape index (κ1) is 24.2. The Bertz CT molecular complexity index is 1070. The first-order valence-electron chi connectivity index (χ1n) is 10.8. The molecule has 1 heterocycles. The molecule has 1 unspecified atom stereocenters. The fourth-order valence-corrected chi connectivity index (χ4v) is 3.43. The Hall–Kier alpha value is -3.45. The van der Waals surface area contributed by atoms with Gasteiger partial charge in [-0.25, -0.2) is 9.97 Å². The molecular formula is C25H26ClN3O4. The highest BCUT2D eigenvalue weighted by molar-refractivity contribution is 6.30. The minimum Gasteiger partial charge on any atom is -0.481 e. The predicted octanol–water partition coefficient (Wildman–Crippen LogP) is 5.31. The monoisotopic (exact) mass is 467 g/mol. The fourth-order valence-electron chi connectivity index (χ4n) is 3.24. The van der Waals surface area contributed by atoms with E-state index in [2.05, 4.69) is 22.2 Å². The lowest BCUT2D eigenvalue weighted by atomic mass is 10.0. The van der Waals surface area contributed by atoms with Crippen LogP contribution >= 0.6 is 11.6 Å². The van der Waals surface area contributed by atoms with E-state index in [1.807, 2.05) is 36.4 Å². The molecule has 8 heteroatoms. The van der Waals surface area contributed by atoms with Crippen LogP contribution in [0.1, 0.15) is 54.6 Å². The summed E-state index contributed by atoms with van der Waals surface area (Å²) in [7, 11) is 0. The second kappa shape index (κ2) is 12.0. The molecule has 1 amide bonds. The van der Waals surface area contributed by atoms with Crippen LogP contribution in [0.5, 0.6) is 6.01 Å². The summed E-state index contributed by atoms with van der Waals surface area (Å²) >= 11 is 6.07. The van der Waals surface area contributed by atoms with Crippen molar-refractivity contribution < 1.29 is 19.4 Å². The van der Waals surface area contributed by atoms with E-state index in [1.165, 1.54) is 0 Å². The highest BCUT2D eigenvalue weighted by Crippen LogP contribution is 2.27. The van der Waals surface area contributed by atoms with Crippen LogP contribution in [-0.2, 0) is 4.79 Å². The number of carboxylic acid groups (broad SMARTS) is 1. The number of benzene rings is 2. The third-order valence-electron chi connectivity index (χ3n) is 5.02. The SMILES string of the molecule is CCCCC(Oc1ncc(-c2cccc(Cl)c2)cn1)c1ccc(C(=O)NCCC(=O)O)cc1. The van der Waals surface area contributed by atoms with Crippen LogP contribution in [-0.4, -0.2) is 33.5 Å². The highest BCUT2D eigenvalue weighted by atomic mass is 35.5. The van der Waals surface area contributed by atoms with E-state index in [4.69, 9.17) is 21.4 Å². The van der Waals surface area contributed by atoms with Crippen molar-refractivity contribution in [2.24, 2.45) is 0 Å². The maximum Gasteiger partial charge on any atom is 0.316 e. The number of aromatic nitrogens is 2. The summed E-state index contributed by atoms with van der Waals surface area (Å²) in [5, 5.41) is 11.9. The number of hydrogen-bond donors (Lipinski definition) is 2. The van der Waals surface area contributed by atoms with Gasteiger partial charge in [0.2, 0.25) is 0 Å². The number of unbranched alkanes of at least 4 members (excludes halogenated alkanes) is 1. The molecule has 172 valence electrons. The van der Waals surface area contributed by atoms with Crippen LogP contribution in [0.15, 0.2) is 60.9 Å². The van der Waals surface area contributed by atoms with Gasteiger partial charge in [0.15, 0.2) is 0 Å². The van der Waals surface area contributed by atoms with E-state index in [1.54, 1.807) is 24.5 Å². The number of aliphatic carboxylic acids is 1. The normalized spacial score (nSPS) is 11.6. The van der Waals surface area contributed by atoms with Crippen LogP contribution in [0, 0.1) is 0 Å². The van der Waals surface area contributed by atoms with Crippen molar-refractivity contribution in [1.82, 2.24) is 15.3 Å². The van der Waals surface area contributed by atoms with Crippen LogP contribution in [0.25, 0.3) is 11.1 Å². The first-order valence-corrected chi connectivity index (χ1v) is 11.2. The number of rotatable bonds is 11. The number of carbonyl (C=O) groups excluding carboxylic acids is 1. The molecule has 0 radical (unpaired) electrons. The van der Waals surface area contributed by atoms with Gasteiger partial charge in [0, 0.05) is 35.1 Å². The van der Waals surface area contributed by atoms with Crippen molar-refractivity contribution >= 4 is 23.5 Å². The maximum absolute atomic E-state index is 12.2. The van der Waals surface area contributed by atoms with E-state index >= 15 is 0 Å². The van der Waals surface area contributed by atoms with E-state index in [0.29, 0.717) is 10.6 Å². The summed E-state index contributed by atoms with van der Waals surface area (Å²) in [5.74, 6) is -1.27. The Balaban J connectivity index is 1.69. The summed E-state index contributed by atoms with van der Waals surface area (Å²) in [6, 6.07) is 14.8. The average Bonchev–Trinajstić information content (AvgIpc) is 2.82. The number of carbonyl (C=O) groups is 2. The lowest BCUT2D eigenvalue weighted by Crippen LogP contribution is -2.26. The van der Waals surface area contributed by atoms with Crippen molar-refractivity contribution in [3.63, 3.8) is 0 Å². The zero-order valence-electron chi connectivity index (χ0n) is 18.3. The largest absolute Gasteiger partial charge is 0.481 e. The number of nitrogens with one attached hydrogen (secondary N) is 1. The molecule has 7 nitrogen and oxygen atoms in total. The average molecular weight is 468 g/mol. The van der Waals surface area contributed by atoms with E-state index in [-0.39, 0.29) is 31.0 Å². The first-order chi connectivity index (χ1) is 16.0. The van der Waals surface area contributed by atoms with Gasteiger partial charge < -0.3 is 15.2 Å². The van der Waals surface area contributed by atoms with Crippen molar-refractivity contribution in [2.45, 2.75) is 38.7 Å². The van der Waals surface area contributed by atoms with Crippen molar-refractivity contribution in [1.29, 1.82) is 0 Å². The molecule has 3 rings (SSSR count). The zero-order chi connectivity index (χ0) is 23.6. The Labute approximate surface area is 197 Å². The van der Waals surface area contributed by atoms with E-state index in [0.717, 1.165) is 36.0 Å². The lowest BCUT2D eigenvalue weighted by molar-refractivity contribution is -0.136. The molecule has 3 aromatic rings. The Morgan fingerprint density at radius 1 is 1.09 bits per heavy atom. The van der Waals surface area contributed by atoms with E-state index < -0.39 is 5.97 Å². The number of amides is 1. The Morgan fingerprint density at radius 3 is 2.45 bits per heavy atom. The third kappa shape index (κ3) is 7.29. The molecule has 0 spiro atoms. The molecule has 0 fully saturated rings. The van der Waals surface area contributed by atoms with Crippen LogP contribution in [0.2, 0.25) is 5.02 Å². The molecule has 0 aliphatic rings. The zero-order valence-corrected chi connectivity index (χ0v) is 19.1. The number of carboxylic acids is 1. The second-order valence-corrected chi connectivity index (χ2v) is 7.97.